The molecule has 0 bridgehead atoms. The summed E-state index contributed by atoms with van der Waals surface area (Å²) in [5.74, 6) is -0.771. The second-order valence-corrected chi connectivity index (χ2v) is 6.27. The van der Waals surface area contributed by atoms with Gasteiger partial charge in [-0.15, -0.1) is 0 Å². The second-order valence-electron chi connectivity index (χ2n) is 5.84. The topological polar surface area (TPSA) is 81.8 Å². The number of carbonyl (C=O) groups is 3. The molecule has 1 unspecified atom stereocenters. The van der Waals surface area contributed by atoms with E-state index in [0.717, 1.165) is 0 Å². The Hall–Kier alpha value is -3.06. The van der Waals surface area contributed by atoms with Crippen molar-refractivity contribution in [3.63, 3.8) is 0 Å². The van der Waals surface area contributed by atoms with E-state index in [0.29, 0.717) is 22.0 Å². The lowest BCUT2D eigenvalue weighted by molar-refractivity contribution is -0.122. The Morgan fingerprint density at radius 3 is 2.38 bits per heavy atom. The number of hydrogen-bond donors (Lipinski definition) is 2. The maximum Gasteiger partial charge on any atom is 0.321 e. The average Bonchev–Trinajstić information content (AvgIpc) is 2.70. The second kappa shape index (κ2) is 7.05. The molecule has 1 heterocycles. The number of rotatable bonds is 2. The fourth-order valence-corrected chi connectivity index (χ4v) is 2.83. The number of hydrogen-bond acceptors (Lipinski definition) is 3. The van der Waals surface area contributed by atoms with Crippen molar-refractivity contribution in [3.8, 4) is 0 Å². The predicted octanol–water partition coefficient (Wildman–Crippen LogP) is 2.54. The molecule has 2 aromatic carbocycles. The minimum Gasteiger partial charge on any atom is -0.313 e. The number of nitrogens with one attached hydrogen (secondary N) is 2. The fraction of sp³-hybridized carbons (Fsp3) is 0.167. The quantitative estimate of drug-likeness (QED) is 0.849. The first-order valence-corrected chi connectivity index (χ1v) is 8.23. The number of amides is 4. The fourth-order valence-electron chi connectivity index (χ4n) is 2.71. The molecule has 0 saturated carbocycles. The molecule has 0 aromatic heterocycles. The summed E-state index contributed by atoms with van der Waals surface area (Å²) in [4.78, 5) is 40.3. The summed E-state index contributed by atoms with van der Waals surface area (Å²) in [6.07, 6.45) is -1.13. The van der Waals surface area contributed by atoms with Crippen molar-refractivity contribution in [1.82, 2.24) is 10.2 Å². The third kappa shape index (κ3) is 3.34. The van der Waals surface area contributed by atoms with Gasteiger partial charge in [-0.05, 0) is 36.4 Å². The molecular weight excluding hydrogens is 356 g/mol. The van der Waals surface area contributed by atoms with E-state index >= 15 is 0 Å². The molecule has 0 saturated heterocycles. The Balaban J connectivity index is 1.81. The zero-order valence-electron chi connectivity index (χ0n) is 14.2. The molecule has 1 atom stereocenters. The van der Waals surface area contributed by atoms with E-state index in [1.807, 2.05) is 0 Å². The van der Waals surface area contributed by atoms with E-state index in [1.54, 1.807) is 55.6 Å². The van der Waals surface area contributed by atoms with Gasteiger partial charge in [-0.3, -0.25) is 9.59 Å². The number of halogens is 1. The summed E-state index contributed by atoms with van der Waals surface area (Å²) in [6, 6.07) is 12.7. The van der Waals surface area contributed by atoms with Crippen LogP contribution in [0.5, 0.6) is 0 Å². The van der Waals surface area contributed by atoms with Crippen LogP contribution in [0.15, 0.2) is 48.5 Å². The Bertz CT molecular complexity index is 869. The normalized spacial score (nSPS) is 16.8. The zero-order valence-corrected chi connectivity index (χ0v) is 14.9. The molecule has 1 aliphatic rings. The summed E-state index contributed by atoms with van der Waals surface area (Å²) in [6.45, 7) is 0. The molecule has 4 amide bonds. The predicted molar refractivity (Wildman–Crippen MR) is 99.3 cm³/mol. The molecule has 0 fully saturated rings. The van der Waals surface area contributed by atoms with Gasteiger partial charge in [0.25, 0.3) is 11.8 Å². The van der Waals surface area contributed by atoms with Crippen LogP contribution in [0.2, 0.25) is 5.02 Å². The Labute approximate surface area is 155 Å². The Morgan fingerprint density at radius 1 is 1.04 bits per heavy atom. The van der Waals surface area contributed by atoms with Crippen molar-refractivity contribution in [2.24, 2.45) is 0 Å². The lowest BCUT2D eigenvalue weighted by Crippen LogP contribution is -2.56. The Kier molecular flexibility index (Phi) is 4.81. The van der Waals surface area contributed by atoms with Crippen molar-refractivity contribution in [2.75, 3.05) is 24.3 Å². The first kappa shape index (κ1) is 17.8. The van der Waals surface area contributed by atoms with E-state index in [1.165, 1.54) is 16.8 Å². The van der Waals surface area contributed by atoms with Gasteiger partial charge in [-0.25, -0.2) is 4.79 Å². The van der Waals surface area contributed by atoms with Crippen LogP contribution in [-0.4, -0.2) is 43.0 Å². The molecule has 0 radical (unpaired) electrons. The maximum absolute atomic E-state index is 12.8. The standard InChI is InChI=1S/C18H17ClN4O3/c1-22-14-6-4-3-5-13(14)16(24)23(2)15(17(22)25)21-18(26)20-12-9-7-11(19)8-10-12/h3-10,15H,1-2H3,(H2,20,21,26). The van der Waals surface area contributed by atoms with Crippen LogP contribution in [0.4, 0.5) is 16.2 Å². The number of anilines is 2. The summed E-state index contributed by atoms with van der Waals surface area (Å²) >= 11 is 5.81. The SMILES string of the molecule is CN1C(=O)C(NC(=O)Nc2ccc(Cl)cc2)N(C)C(=O)c2ccccc21. The van der Waals surface area contributed by atoms with Gasteiger partial charge in [-0.2, -0.15) is 0 Å². The van der Waals surface area contributed by atoms with Crippen molar-refractivity contribution >= 4 is 40.8 Å². The van der Waals surface area contributed by atoms with Gasteiger partial charge in [0, 0.05) is 24.8 Å². The van der Waals surface area contributed by atoms with Crippen molar-refractivity contribution in [1.29, 1.82) is 0 Å². The number of carbonyl (C=O) groups excluding carboxylic acids is 3. The van der Waals surface area contributed by atoms with Crippen molar-refractivity contribution in [2.45, 2.75) is 6.17 Å². The monoisotopic (exact) mass is 372 g/mol. The highest BCUT2D eigenvalue weighted by Gasteiger charge is 2.37. The van der Waals surface area contributed by atoms with Crippen LogP contribution in [0.3, 0.4) is 0 Å². The minimum atomic E-state index is -1.13. The number of benzene rings is 2. The number of likely N-dealkylation sites (N-methyl/N-ethyl adjacent to an activating group) is 2. The van der Waals surface area contributed by atoms with E-state index in [4.69, 9.17) is 11.6 Å². The van der Waals surface area contributed by atoms with Gasteiger partial charge in [0.2, 0.25) is 0 Å². The van der Waals surface area contributed by atoms with Crippen LogP contribution < -0.4 is 15.5 Å². The maximum atomic E-state index is 12.8. The summed E-state index contributed by atoms with van der Waals surface area (Å²) in [5, 5.41) is 5.70. The minimum absolute atomic E-state index is 0.352. The molecule has 26 heavy (non-hydrogen) atoms. The Morgan fingerprint density at radius 2 is 1.69 bits per heavy atom. The number of fused-ring (bicyclic) bond motifs is 1. The molecule has 134 valence electrons. The highest BCUT2D eigenvalue weighted by atomic mass is 35.5. The molecule has 0 spiro atoms. The molecule has 8 heteroatoms. The number of urea groups is 1. The first-order valence-electron chi connectivity index (χ1n) is 7.85. The third-order valence-corrected chi connectivity index (χ3v) is 4.39. The molecule has 0 aliphatic carbocycles. The number of para-hydroxylation sites is 1. The first-order chi connectivity index (χ1) is 12.4. The van der Waals surface area contributed by atoms with Gasteiger partial charge in [0.1, 0.15) is 0 Å². The van der Waals surface area contributed by atoms with Crippen molar-refractivity contribution in [3.05, 3.63) is 59.1 Å². The van der Waals surface area contributed by atoms with E-state index in [9.17, 15) is 14.4 Å². The smallest absolute Gasteiger partial charge is 0.313 e. The van der Waals surface area contributed by atoms with Crippen LogP contribution in [-0.2, 0) is 4.79 Å². The molecule has 2 N–H and O–H groups in total. The summed E-state index contributed by atoms with van der Waals surface area (Å²) in [5.41, 5.74) is 1.41. The van der Waals surface area contributed by atoms with Gasteiger partial charge >= 0.3 is 6.03 Å². The van der Waals surface area contributed by atoms with E-state index in [-0.39, 0.29) is 5.91 Å². The van der Waals surface area contributed by atoms with Gasteiger partial charge in [-0.1, -0.05) is 23.7 Å². The zero-order chi connectivity index (χ0) is 18.8. The van der Waals surface area contributed by atoms with Crippen LogP contribution >= 0.6 is 11.6 Å². The lowest BCUT2D eigenvalue weighted by Gasteiger charge is -2.27. The van der Waals surface area contributed by atoms with Gasteiger partial charge < -0.3 is 20.4 Å². The molecule has 7 nitrogen and oxygen atoms in total. The highest BCUT2D eigenvalue weighted by Crippen LogP contribution is 2.25. The highest BCUT2D eigenvalue weighted by molar-refractivity contribution is 6.30. The summed E-state index contributed by atoms with van der Waals surface area (Å²) in [7, 11) is 3.04. The number of nitrogens with zero attached hydrogens (tertiary/aromatic N) is 2. The molecular formula is C18H17ClN4O3. The van der Waals surface area contributed by atoms with E-state index in [2.05, 4.69) is 10.6 Å². The molecule has 3 rings (SSSR count). The third-order valence-electron chi connectivity index (χ3n) is 4.14. The molecule has 1 aliphatic heterocycles. The average molecular weight is 373 g/mol. The molecule has 2 aromatic rings. The van der Waals surface area contributed by atoms with Gasteiger partial charge in [0.15, 0.2) is 6.17 Å². The van der Waals surface area contributed by atoms with Crippen LogP contribution in [0.1, 0.15) is 10.4 Å². The van der Waals surface area contributed by atoms with Crippen LogP contribution in [0.25, 0.3) is 0 Å². The lowest BCUT2D eigenvalue weighted by atomic mass is 10.1. The summed E-state index contributed by atoms with van der Waals surface area (Å²) < 4.78 is 0. The van der Waals surface area contributed by atoms with Crippen LogP contribution in [0, 0.1) is 0 Å². The van der Waals surface area contributed by atoms with Gasteiger partial charge in [0.05, 0.1) is 11.3 Å². The largest absolute Gasteiger partial charge is 0.321 e. The van der Waals surface area contributed by atoms with E-state index < -0.39 is 18.1 Å². The van der Waals surface area contributed by atoms with Crippen molar-refractivity contribution < 1.29 is 14.4 Å².